The Hall–Kier alpha value is -1.71. The number of amides is 1. The smallest absolute Gasteiger partial charge is 0.269 e. The molecule has 0 radical (unpaired) electrons. The number of nitrogens with one attached hydrogen (secondary N) is 3. The lowest BCUT2D eigenvalue weighted by Crippen LogP contribution is -2.48. The maximum absolute atomic E-state index is 12.9. The van der Waals surface area contributed by atoms with E-state index >= 15 is 0 Å². The van der Waals surface area contributed by atoms with E-state index in [-0.39, 0.29) is 10.9 Å². The zero-order valence-electron chi connectivity index (χ0n) is 16.2. The number of benzene rings is 1. The van der Waals surface area contributed by atoms with Gasteiger partial charge >= 0.3 is 0 Å². The lowest BCUT2D eigenvalue weighted by atomic mass is 9.94. The number of sulfonamides is 1. The second kappa shape index (κ2) is 8.99. The van der Waals surface area contributed by atoms with E-state index in [0.29, 0.717) is 35.6 Å². The van der Waals surface area contributed by atoms with Crippen LogP contribution in [-0.2, 0) is 10.0 Å². The molecule has 0 aromatic heterocycles. The molecule has 2 atom stereocenters. The monoisotopic (exact) mass is 412 g/mol. The molecule has 1 fully saturated rings. The predicted octanol–water partition coefficient (Wildman–Crippen LogP) is 1.87. The summed E-state index contributed by atoms with van der Waals surface area (Å²) in [6.07, 6.45) is 1.03. The highest BCUT2D eigenvalue weighted by Crippen LogP contribution is 2.26. The van der Waals surface area contributed by atoms with Crippen molar-refractivity contribution in [2.75, 3.05) is 13.1 Å². The molecular formula is C18H28N4O3S2. The highest BCUT2D eigenvalue weighted by atomic mass is 32.2. The number of hydrazine groups is 1. The van der Waals surface area contributed by atoms with Crippen molar-refractivity contribution in [1.29, 1.82) is 0 Å². The number of carbonyl (C=O) groups is 1. The number of piperidine rings is 1. The van der Waals surface area contributed by atoms with E-state index in [1.165, 1.54) is 24.3 Å². The molecule has 1 aliphatic rings. The highest BCUT2D eigenvalue weighted by molar-refractivity contribution is 7.89. The average Bonchev–Trinajstić information content (AvgIpc) is 2.58. The first-order chi connectivity index (χ1) is 12.6. The van der Waals surface area contributed by atoms with Crippen molar-refractivity contribution in [2.45, 2.75) is 45.1 Å². The maximum atomic E-state index is 12.9. The minimum Gasteiger partial charge on any atom is -0.359 e. The largest absolute Gasteiger partial charge is 0.359 e. The lowest BCUT2D eigenvalue weighted by molar-refractivity contribution is 0.0943. The van der Waals surface area contributed by atoms with Gasteiger partial charge in [-0.1, -0.05) is 13.8 Å². The van der Waals surface area contributed by atoms with Crippen LogP contribution in [0.1, 0.15) is 44.5 Å². The van der Waals surface area contributed by atoms with Gasteiger partial charge in [-0.25, -0.2) is 8.42 Å². The third-order valence-electron chi connectivity index (χ3n) is 4.30. The summed E-state index contributed by atoms with van der Waals surface area (Å²) >= 11 is 5.04. The molecule has 27 heavy (non-hydrogen) atoms. The predicted molar refractivity (Wildman–Crippen MR) is 110 cm³/mol. The maximum Gasteiger partial charge on any atom is 0.269 e. The van der Waals surface area contributed by atoms with E-state index in [9.17, 15) is 13.2 Å². The molecule has 0 aliphatic carbocycles. The zero-order valence-corrected chi connectivity index (χ0v) is 17.8. The fourth-order valence-corrected chi connectivity index (χ4v) is 5.18. The van der Waals surface area contributed by atoms with Crippen LogP contribution < -0.4 is 16.2 Å². The van der Waals surface area contributed by atoms with Gasteiger partial charge in [0, 0.05) is 24.7 Å². The van der Waals surface area contributed by atoms with Crippen LogP contribution >= 0.6 is 12.2 Å². The van der Waals surface area contributed by atoms with Gasteiger partial charge in [-0.05, 0) is 68.6 Å². The minimum atomic E-state index is -3.55. The first kappa shape index (κ1) is 21.6. The van der Waals surface area contributed by atoms with Gasteiger partial charge in [-0.3, -0.25) is 15.6 Å². The second-order valence-corrected chi connectivity index (χ2v) is 9.85. The standard InChI is InChI=1S/C18H28N4O3S2/c1-12(2)19-18(26)21-20-17(23)15-5-7-16(8-6-15)27(24,25)22-10-13(3)9-14(4)11-22/h5-8,12-14H,9-11H2,1-4H3,(H,20,23)(H2,19,21,26)/t13-,14-/m1/s1. The lowest BCUT2D eigenvalue weighted by Gasteiger charge is -2.34. The Bertz CT molecular complexity index is 768. The van der Waals surface area contributed by atoms with Crippen LogP contribution in [0.2, 0.25) is 0 Å². The third kappa shape index (κ3) is 5.88. The van der Waals surface area contributed by atoms with Crippen LogP contribution in [0, 0.1) is 11.8 Å². The molecule has 0 unspecified atom stereocenters. The van der Waals surface area contributed by atoms with E-state index in [4.69, 9.17) is 12.2 Å². The van der Waals surface area contributed by atoms with E-state index in [0.717, 1.165) is 6.42 Å². The Kier molecular flexibility index (Phi) is 7.19. The molecule has 150 valence electrons. The zero-order chi connectivity index (χ0) is 20.2. The molecule has 3 N–H and O–H groups in total. The third-order valence-corrected chi connectivity index (χ3v) is 6.36. The number of thiocarbonyl (C=S) groups is 1. The summed E-state index contributed by atoms with van der Waals surface area (Å²) in [6, 6.07) is 6.09. The topological polar surface area (TPSA) is 90.5 Å². The summed E-state index contributed by atoms with van der Waals surface area (Å²) < 4.78 is 27.3. The summed E-state index contributed by atoms with van der Waals surface area (Å²) in [4.78, 5) is 12.4. The average molecular weight is 413 g/mol. The van der Waals surface area contributed by atoms with Gasteiger partial charge in [-0.15, -0.1) is 0 Å². The second-order valence-electron chi connectivity index (χ2n) is 7.50. The van der Waals surface area contributed by atoms with Gasteiger partial charge in [-0.2, -0.15) is 4.31 Å². The summed E-state index contributed by atoms with van der Waals surface area (Å²) in [5.41, 5.74) is 5.44. The number of hydrogen-bond acceptors (Lipinski definition) is 4. The molecule has 2 rings (SSSR count). The first-order valence-electron chi connectivity index (χ1n) is 9.06. The Morgan fingerprint density at radius 3 is 2.19 bits per heavy atom. The van der Waals surface area contributed by atoms with Crippen molar-refractivity contribution in [1.82, 2.24) is 20.5 Å². The van der Waals surface area contributed by atoms with Gasteiger partial charge < -0.3 is 5.32 Å². The minimum absolute atomic E-state index is 0.145. The van der Waals surface area contributed by atoms with Crippen molar-refractivity contribution < 1.29 is 13.2 Å². The Balaban J connectivity index is 2.03. The molecule has 1 aromatic carbocycles. The molecule has 1 amide bonds. The summed E-state index contributed by atoms with van der Waals surface area (Å²) in [5, 5.41) is 3.25. The first-order valence-corrected chi connectivity index (χ1v) is 10.9. The molecule has 0 saturated carbocycles. The molecule has 1 saturated heterocycles. The fraction of sp³-hybridized carbons (Fsp3) is 0.556. The van der Waals surface area contributed by atoms with Crippen molar-refractivity contribution in [3.8, 4) is 0 Å². The fourth-order valence-electron chi connectivity index (χ4n) is 3.21. The van der Waals surface area contributed by atoms with Crippen molar-refractivity contribution in [3.63, 3.8) is 0 Å². The van der Waals surface area contributed by atoms with E-state index in [2.05, 4.69) is 30.0 Å². The molecule has 1 aromatic rings. The summed E-state index contributed by atoms with van der Waals surface area (Å²) in [5.74, 6) is 0.276. The van der Waals surface area contributed by atoms with Crippen LogP contribution in [0.4, 0.5) is 0 Å². The normalized spacial score (nSPS) is 20.9. The molecule has 1 aliphatic heterocycles. The number of hydrogen-bond donors (Lipinski definition) is 3. The quantitative estimate of drug-likeness (QED) is 0.517. The molecular weight excluding hydrogens is 384 g/mol. The van der Waals surface area contributed by atoms with Crippen LogP contribution in [0.5, 0.6) is 0 Å². The van der Waals surface area contributed by atoms with Crippen LogP contribution in [0.15, 0.2) is 29.2 Å². The Morgan fingerprint density at radius 1 is 1.11 bits per heavy atom. The van der Waals surface area contributed by atoms with E-state index in [1.807, 2.05) is 13.8 Å². The van der Waals surface area contributed by atoms with Gasteiger partial charge in [0.1, 0.15) is 0 Å². The molecule has 0 spiro atoms. The Morgan fingerprint density at radius 2 is 1.67 bits per heavy atom. The van der Waals surface area contributed by atoms with Crippen molar-refractivity contribution in [3.05, 3.63) is 29.8 Å². The summed E-state index contributed by atoms with van der Waals surface area (Å²) in [7, 11) is -3.55. The number of nitrogens with zero attached hydrogens (tertiary/aromatic N) is 1. The van der Waals surface area contributed by atoms with Crippen LogP contribution in [-0.4, -0.2) is 42.9 Å². The van der Waals surface area contributed by atoms with E-state index in [1.54, 1.807) is 4.31 Å². The van der Waals surface area contributed by atoms with Gasteiger partial charge in [0.2, 0.25) is 10.0 Å². The molecule has 1 heterocycles. The molecule has 0 bridgehead atoms. The van der Waals surface area contributed by atoms with Crippen molar-refractivity contribution >= 4 is 33.3 Å². The van der Waals surface area contributed by atoms with Crippen molar-refractivity contribution in [2.24, 2.45) is 11.8 Å². The van der Waals surface area contributed by atoms with Crippen LogP contribution in [0.3, 0.4) is 0 Å². The van der Waals surface area contributed by atoms with Gasteiger partial charge in [0.05, 0.1) is 4.90 Å². The molecule has 9 heteroatoms. The Labute approximate surface area is 166 Å². The molecule has 7 nitrogen and oxygen atoms in total. The summed E-state index contributed by atoms with van der Waals surface area (Å²) in [6.45, 7) is 9.05. The number of rotatable bonds is 4. The van der Waals surface area contributed by atoms with Gasteiger partial charge in [0.25, 0.3) is 5.91 Å². The van der Waals surface area contributed by atoms with Gasteiger partial charge in [0.15, 0.2) is 5.11 Å². The van der Waals surface area contributed by atoms with Crippen LogP contribution in [0.25, 0.3) is 0 Å². The SMILES string of the molecule is CC(C)NC(=S)NNC(=O)c1ccc(S(=O)(=O)N2C[C@H](C)C[C@@H](C)C2)cc1. The van der Waals surface area contributed by atoms with E-state index < -0.39 is 15.9 Å². The number of carbonyl (C=O) groups excluding carboxylic acids is 1. The highest BCUT2D eigenvalue weighted by Gasteiger charge is 2.31.